The maximum atomic E-state index is 12.5. The Morgan fingerprint density at radius 1 is 0.727 bits per heavy atom. The fraction of sp³-hybridized carbons (Fsp3) is 0.944. The highest BCUT2D eigenvalue weighted by Crippen LogP contribution is 2.24. The lowest BCUT2D eigenvalue weighted by Gasteiger charge is -2.38. The van der Waals surface area contributed by atoms with E-state index in [0.717, 1.165) is 45.3 Å². The Labute approximate surface area is 135 Å². The van der Waals surface area contributed by atoms with E-state index in [2.05, 4.69) is 14.7 Å². The zero-order chi connectivity index (χ0) is 15.2. The van der Waals surface area contributed by atoms with Crippen molar-refractivity contribution in [1.82, 2.24) is 14.7 Å². The lowest BCUT2D eigenvalue weighted by Crippen LogP contribution is -2.52. The molecule has 0 atom stereocenters. The molecule has 0 unspecified atom stereocenters. The van der Waals surface area contributed by atoms with E-state index in [1.54, 1.807) is 0 Å². The van der Waals surface area contributed by atoms with Crippen molar-refractivity contribution in [2.45, 2.75) is 63.8 Å². The van der Waals surface area contributed by atoms with E-state index in [1.807, 2.05) is 0 Å². The van der Waals surface area contributed by atoms with Crippen molar-refractivity contribution in [2.75, 3.05) is 45.8 Å². The molecule has 2 saturated heterocycles. The van der Waals surface area contributed by atoms with E-state index >= 15 is 0 Å². The first-order valence-corrected chi connectivity index (χ1v) is 9.57. The Morgan fingerprint density at radius 2 is 1.32 bits per heavy atom. The molecule has 0 spiro atoms. The van der Waals surface area contributed by atoms with Gasteiger partial charge in [-0.05, 0) is 25.7 Å². The quantitative estimate of drug-likeness (QED) is 0.801. The average Bonchev–Trinajstić information content (AvgIpc) is 3.01. The smallest absolute Gasteiger partial charge is 0.236 e. The molecule has 3 aliphatic rings. The van der Waals surface area contributed by atoms with Crippen molar-refractivity contribution in [3.8, 4) is 0 Å². The van der Waals surface area contributed by atoms with E-state index in [4.69, 9.17) is 0 Å². The second-order valence-electron chi connectivity index (χ2n) is 7.40. The fourth-order valence-corrected chi connectivity index (χ4v) is 4.34. The molecule has 2 aliphatic heterocycles. The number of rotatable bonds is 3. The Balaban J connectivity index is 1.40. The second-order valence-corrected chi connectivity index (χ2v) is 7.40. The molecule has 0 aromatic heterocycles. The van der Waals surface area contributed by atoms with E-state index in [1.165, 1.54) is 57.8 Å². The van der Waals surface area contributed by atoms with Crippen molar-refractivity contribution < 1.29 is 4.79 Å². The minimum Gasteiger partial charge on any atom is -0.342 e. The Kier molecular flexibility index (Phi) is 6.13. The topological polar surface area (TPSA) is 26.8 Å². The van der Waals surface area contributed by atoms with E-state index in [-0.39, 0.29) is 0 Å². The highest BCUT2D eigenvalue weighted by Gasteiger charge is 2.27. The van der Waals surface area contributed by atoms with Gasteiger partial charge in [0.15, 0.2) is 0 Å². The molecule has 1 aliphatic carbocycles. The van der Waals surface area contributed by atoms with Gasteiger partial charge in [0.05, 0.1) is 6.54 Å². The van der Waals surface area contributed by atoms with Crippen LogP contribution in [0.25, 0.3) is 0 Å². The lowest BCUT2D eigenvalue weighted by atomic mass is 10.1. The predicted octanol–water partition coefficient (Wildman–Crippen LogP) is 2.34. The molecule has 4 nitrogen and oxygen atoms in total. The monoisotopic (exact) mass is 307 g/mol. The number of hydrogen-bond acceptors (Lipinski definition) is 3. The van der Waals surface area contributed by atoms with Crippen LogP contribution in [0, 0.1) is 0 Å². The maximum Gasteiger partial charge on any atom is 0.236 e. The number of likely N-dealkylation sites (tertiary alicyclic amines) is 1. The minimum absolute atomic E-state index is 0.371. The Morgan fingerprint density at radius 3 is 1.95 bits per heavy atom. The summed E-state index contributed by atoms with van der Waals surface area (Å²) in [5.74, 6) is 0.371. The number of carbonyl (C=O) groups is 1. The van der Waals surface area contributed by atoms with Crippen molar-refractivity contribution >= 4 is 5.91 Å². The predicted molar refractivity (Wildman–Crippen MR) is 89.9 cm³/mol. The standard InChI is InChI=1S/C18H33N3O/c22-18(21-10-6-2-1-3-7-11-21)16-19-12-14-20(15-13-19)17-8-4-5-9-17/h17H,1-16H2. The number of carbonyl (C=O) groups excluding carboxylic acids is 1. The lowest BCUT2D eigenvalue weighted by molar-refractivity contribution is -0.133. The van der Waals surface area contributed by atoms with Crippen LogP contribution in [-0.2, 0) is 4.79 Å². The van der Waals surface area contributed by atoms with Crippen molar-refractivity contribution in [2.24, 2.45) is 0 Å². The second kappa shape index (κ2) is 8.30. The summed E-state index contributed by atoms with van der Waals surface area (Å²) in [6.45, 7) is 7.11. The van der Waals surface area contributed by atoms with Gasteiger partial charge in [-0.3, -0.25) is 14.6 Å². The molecule has 0 radical (unpaired) electrons. The molecule has 3 rings (SSSR count). The van der Waals surface area contributed by atoms with Crippen LogP contribution >= 0.6 is 0 Å². The maximum absolute atomic E-state index is 12.5. The SMILES string of the molecule is O=C(CN1CCN(C2CCCC2)CC1)N1CCCCCCC1. The summed E-state index contributed by atoms with van der Waals surface area (Å²) in [7, 11) is 0. The van der Waals surface area contributed by atoms with E-state index < -0.39 is 0 Å². The van der Waals surface area contributed by atoms with E-state index in [9.17, 15) is 4.79 Å². The summed E-state index contributed by atoms with van der Waals surface area (Å²) >= 11 is 0. The fourth-order valence-electron chi connectivity index (χ4n) is 4.34. The molecular weight excluding hydrogens is 274 g/mol. The number of amides is 1. The summed E-state index contributed by atoms with van der Waals surface area (Å²) in [5, 5.41) is 0. The normalized spacial score (nSPS) is 26.8. The first-order chi connectivity index (χ1) is 10.8. The summed E-state index contributed by atoms with van der Waals surface area (Å²) in [6.07, 6.45) is 12.0. The molecule has 0 aromatic rings. The molecule has 0 bridgehead atoms. The largest absolute Gasteiger partial charge is 0.342 e. The zero-order valence-corrected chi connectivity index (χ0v) is 14.1. The molecule has 3 fully saturated rings. The van der Waals surface area contributed by atoms with Crippen LogP contribution in [0.2, 0.25) is 0 Å². The van der Waals surface area contributed by atoms with Gasteiger partial charge in [-0.2, -0.15) is 0 Å². The minimum atomic E-state index is 0.371. The third-order valence-electron chi connectivity index (χ3n) is 5.82. The zero-order valence-electron chi connectivity index (χ0n) is 14.1. The van der Waals surface area contributed by atoms with Crippen LogP contribution < -0.4 is 0 Å². The first kappa shape index (κ1) is 16.3. The molecule has 1 saturated carbocycles. The van der Waals surface area contributed by atoms with Crippen molar-refractivity contribution in [3.05, 3.63) is 0 Å². The summed E-state index contributed by atoms with van der Waals surface area (Å²) in [6, 6.07) is 0.840. The van der Waals surface area contributed by atoms with Crippen LogP contribution in [0.4, 0.5) is 0 Å². The Hall–Kier alpha value is -0.610. The molecule has 1 amide bonds. The number of hydrogen-bond donors (Lipinski definition) is 0. The van der Waals surface area contributed by atoms with Gasteiger partial charge in [-0.1, -0.05) is 32.1 Å². The molecule has 22 heavy (non-hydrogen) atoms. The highest BCUT2D eigenvalue weighted by molar-refractivity contribution is 5.78. The van der Waals surface area contributed by atoms with Gasteiger partial charge in [0.25, 0.3) is 0 Å². The van der Waals surface area contributed by atoms with Crippen LogP contribution in [0.3, 0.4) is 0 Å². The van der Waals surface area contributed by atoms with Gasteiger partial charge in [-0.25, -0.2) is 0 Å². The highest BCUT2D eigenvalue weighted by atomic mass is 16.2. The van der Waals surface area contributed by atoms with Gasteiger partial charge in [0, 0.05) is 45.3 Å². The molecular formula is C18H33N3O. The molecule has 4 heteroatoms. The first-order valence-electron chi connectivity index (χ1n) is 9.57. The van der Waals surface area contributed by atoms with Gasteiger partial charge < -0.3 is 4.90 Å². The molecule has 126 valence electrons. The van der Waals surface area contributed by atoms with Gasteiger partial charge in [0.2, 0.25) is 5.91 Å². The van der Waals surface area contributed by atoms with Crippen LogP contribution in [0.1, 0.15) is 57.8 Å². The van der Waals surface area contributed by atoms with Crippen molar-refractivity contribution in [1.29, 1.82) is 0 Å². The third-order valence-corrected chi connectivity index (χ3v) is 5.82. The number of nitrogens with zero attached hydrogens (tertiary/aromatic N) is 3. The van der Waals surface area contributed by atoms with Gasteiger partial charge >= 0.3 is 0 Å². The molecule has 0 aromatic carbocycles. The molecule has 0 N–H and O–H groups in total. The van der Waals surface area contributed by atoms with Gasteiger partial charge in [-0.15, -0.1) is 0 Å². The molecule has 2 heterocycles. The Bertz CT molecular complexity index is 338. The summed E-state index contributed by atoms with van der Waals surface area (Å²) in [5.41, 5.74) is 0. The van der Waals surface area contributed by atoms with E-state index in [0.29, 0.717) is 12.5 Å². The van der Waals surface area contributed by atoms with Crippen LogP contribution in [-0.4, -0.2) is 72.5 Å². The van der Waals surface area contributed by atoms with Crippen LogP contribution in [0.5, 0.6) is 0 Å². The van der Waals surface area contributed by atoms with Gasteiger partial charge in [0.1, 0.15) is 0 Å². The number of piperazine rings is 1. The van der Waals surface area contributed by atoms with Crippen molar-refractivity contribution in [3.63, 3.8) is 0 Å². The summed E-state index contributed by atoms with van der Waals surface area (Å²) in [4.78, 5) is 19.7. The summed E-state index contributed by atoms with van der Waals surface area (Å²) < 4.78 is 0. The third kappa shape index (κ3) is 4.45. The average molecular weight is 307 g/mol. The van der Waals surface area contributed by atoms with Crippen LogP contribution in [0.15, 0.2) is 0 Å².